The second-order valence-electron chi connectivity index (χ2n) is 8.29. The average Bonchev–Trinajstić information content (AvgIpc) is 3.30. The Labute approximate surface area is 196 Å². The van der Waals surface area contributed by atoms with Crippen LogP contribution in [0.5, 0.6) is 5.75 Å². The molecular weight excluding hydrogens is 445 g/mol. The van der Waals surface area contributed by atoms with Crippen molar-refractivity contribution in [2.75, 3.05) is 40.1 Å². The number of nitrogens with one attached hydrogen (secondary N) is 2. The third kappa shape index (κ3) is 5.52. The van der Waals surface area contributed by atoms with Crippen molar-refractivity contribution in [1.82, 2.24) is 15.6 Å². The van der Waals surface area contributed by atoms with Crippen molar-refractivity contribution >= 4 is 11.8 Å². The highest BCUT2D eigenvalue weighted by Gasteiger charge is 2.28. The predicted octanol–water partition coefficient (Wildman–Crippen LogP) is 1.00. The Bertz CT molecular complexity index is 1060. The van der Waals surface area contributed by atoms with E-state index in [4.69, 9.17) is 14.2 Å². The minimum atomic E-state index is -0.775. The summed E-state index contributed by atoms with van der Waals surface area (Å²) in [6, 6.07) is 5.65. The largest absolute Gasteiger partial charge is 0.491 e. The van der Waals surface area contributed by atoms with Gasteiger partial charge in [0.1, 0.15) is 17.3 Å². The number of benzene rings is 1. The van der Waals surface area contributed by atoms with Gasteiger partial charge in [-0.1, -0.05) is 6.07 Å². The molecule has 2 aliphatic heterocycles. The first-order valence-electron chi connectivity index (χ1n) is 11.2. The molecule has 9 nitrogen and oxygen atoms in total. The van der Waals surface area contributed by atoms with E-state index in [9.17, 15) is 19.1 Å². The lowest BCUT2D eigenvalue weighted by molar-refractivity contribution is -0.0261. The van der Waals surface area contributed by atoms with E-state index in [1.165, 1.54) is 19.2 Å². The van der Waals surface area contributed by atoms with Crippen LogP contribution in [0.3, 0.4) is 0 Å². The lowest BCUT2D eigenvalue weighted by Crippen LogP contribution is -2.48. The van der Waals surface area contributed by atoms with Crippen LogP contribution in [-0.2, 0) is 22.3 Å². The van der Waals surface area contributed by atoms with Crippen molar-refractivity contribution in [2.24, 2.45) is 0 Å². The van der Waals surface area contributed by atoms with Gasteiger partial charge >= 0.3 is 0 Å². The number of aliphatic hydroxyl groups excluding tert-OH is 1. The van der Waals surface area contributed by atoms with Gasteiger partial charge in [-0.3, -0.25) is 9.59 Å². The number of hydrogen-bond acceptors (Lipinski definition) is 7. The first-order chi connectivity index (χ1) is 16.5. The fourth-order valence-electron chi connectivity index (χ4n) is 4.06. The Hall–Kier alpha value is -3.08. The van der Waals surface area contributed by atoms with Gasteiger partial charge in [0.25, 0.3) is 11.8 Å². The van der Waals surface area contributed by atoms with E-state index in [1.807, 2.05) is 0 Å². The molecule has 2 amide bonds. The van der Waals surface area contributed by atoms with Crippen molar-refractivity contribution in [3.05, 3.63) is 58.2 Å². The number of aromatic nitrogens is 1. The van der Waals surface area contributed by atoms with Crippen LogP contribution >= 0.6 is 0 Å². The number of hydrogen-bond donors (Lipinski definition) is 3. The molecule has 0 saturated carbocycles. The maximum absolute atomic E-state index is 14.7. The van der Waals surface area contributed by atoms with E-state index in [1.54, 1.807) is 12.1 Å². The van der Waals surface area contributed by atoms with Crippen LogP contribution < -0.4 is 15.4 Å². The highest BCUT2D eigenvalue weighted by molar-refractivity contribution is 5.94. The molecule has 3 heterocycles. The molecule has 2 aromatic rings. The highest BCUT2D eigenvalue weighted by Crippen LogP contribution is 2.31. The summed E-state index contributed by atoms with van der Waals surface area (Å²) >= 11 is 0. The second kappa shape index (κ2) is 10.9. The van der Waals surface area contributed by atoms with Crippen molar-refractivity contribution in [3.8, 4) is 5.75 Å². The fourth-order valence-corrected chi connectivity index (χ4v) is 4.06. The number of methoxy groups -OCH3 is 1. The maximum atomic E-state index is 14.7. The summed E-state index contributed by atoms with van der Waals surface area (Å²) in [6.45, 7) is 1.71. The minimum absolute atomic E-state index is 0.0499. The molecule has 1 saturated heterocycles. The van der Waals surface area contributed by atoms with E-state index in [-0.39, 0.29) is 24.4 Å². The van der Waals surface area contributed by atoms with Gasteiger partial charge in [0.05, 0.1) is 43.2 Å². The van der Waals surface area contributed by atoms with Crippen molar-refractivity contribution in [1.29, 1.82) is 0 Å². The standard InChI is InChI=1S/C24H28FN3O6/c1-32-9-6-26-23(30)16-3-2-14(11-17(16)25)10-15-12-20(27-19-5-8-34-22(15)19)24(31)28-18-4-7-33-13-21(18)29/h2-3,11-12,18,21,29H,4-10,13H2,1H3,(H,26,30)(H,28,31)/t18-,21-/m0/s1. The van der Waals surface area contributed by atoms with E-state index in [0.29, 0.717) is 61.7 Å². The summed E-state index contributed by atoms with van der Waals surface area (Å²) in [5, 5.41) is 15.5. The van der Waals surface area contributed by atoms with E-state index >= 15 is 0 Å². The van der Waals surface area contributed by atoms with Crippen LogP contribution in [0.1, 0.15) is 44.1 Å². The van der Waals surface area contributed by atoms with Gasteiger partial charge in [0.2, 0.25) is 0 Å². The molecule has 0 radical (unpaired) electrons. The lowest BCUT2D eigenvalue weighted by atomic mass is 10.0. The van der Waals surface area contributed by atoms with Crippen LogP contribution in [0.25, 0.3) is 0 Å². The molecule has 1 aromatic carbocycles. The number of halogens is 1. The van der Waals surface area contributed by atoms with Gasteiger partial charge in [0.15, 0.2) is 0 Å². The number of aliphatic hydroxyl groups is 1. The number of carbonyl (C=O) groups is 2. The smallest absolute Gasteiger partial charge is 0.270 e. The minimum Gasteiger partial charge on any atom is -0.491 e. The van der Waals surface area contributed by atoms with Gasteiger partial charge in [-0.2, -0.15) is 0 Å². The van der Waals surface area contributed by atoms with Crippen molar-refractivity contribution in [2.45, 2.75) is 31.4 Å². The monoisotopic (exact) mass is 473 g/mol. The Morgan fingerprint density at radius 3 is 2.88 bits per heavy atom. The number of nitrogens with zero attached hydrogens (tertiary/aromatic N) is 1. The van der Waals surface area contributed by atoms with E-state index in [2.05, 4.69) is 15.6 Å². The molecule has 0 bridgehead atoms. The zero-order valence-electron chi connectivity index (χ0n) is 18.9. The summed E-state index contributed by atoms with van der Waals surface area (Å²) in [5.74, 6) is -0.936. The van der Waals surface area contributed by atoms with Crippen molar-refractivity contribution in [3.63, 3.8) is 0 Å². The molecule has 1 fully saturated rings. The SMILES string of the molecule is COCCNC(=O)c1ccc(Cc2cc(C(=O)N[C@H]3CCOC[C@@H]3O)nc3c2OCC3)cc1F. The van der Waals surface area contributed by atoms with Gasteiger partial charge in [-0.25, -0.2) is 9.37 Å². The second-order valence-corrected chi connectivity index (χ2v) is 8.29. The molecule has 0 aliphatic carbocycles. The average molecular weight is 474 g/mol. The zero-order valence-corrected chi connectivity index (χ0v) is 18.9. The Morgan fingerprint density at radius 2 is 2.12 bits per heavy atom. The van der Waals surface area contributed by atoms with Gasteiger partial charge in [0, 0.05) is 38.7 Å². The third-order valence-electron chi connectivity index (χ3n) is 5.85. The Balaban J connectivity index is 1.52. The summed E-state index contributed by atoms with van der Waals surface area (Å²) in [4.78, 5) is 29.5. The first kappa shape index (κ1) is 24.1. The van der Waals surface area contributed by atoms with Crippen LogP contribution in [-0.4, -0.2) is 74.1 Å². The molecule has 3 N–H and O–H groups in total. The van der Waals surface area contributed by atoms with E-state index in [0.717, 1.165) is 0 Å². The summed E-state index contributed by atoms with van der Waals surface area (Å²) < 4.78 is 30.5. The molecule has 2 aliphatic rings. The quantitative estimate of drug-likeness (QED) is 0.490. The summed E-state index contributed by atoms with van der Waals surface area (Å²) in [7, 11) is 1.52. The number of fused-ring (bicyclic) bond motifs is 1. The van der Waals surface area contributed by atoms with Crippen molar-refractivity contribution < 1.29 is 33.3 Å². The lowest BCUT2D eigenvalue weighted by Gasteiger charge is -2.28. The normalized spacial score (nSPS) is 19.3. The molecule has 182 valence electrons. The molecular formula is C24H28FN3O6. The molecule has 34 heavy (non-hydrogen) atoms. The van der Waals surface area contributed by atoms with E-state index < -0.39 is 29.8 Å². The fraction of sp³-hybridized carbons (Fsp3) is 0.458. The molecule has 0 spiro atoms. The number of pyridine rings is 1. The molecule has 1 aromatic heterocycles. The van der Waals surface area contributed by atoms with Gasteiger partial charge < -0.3 is 30.0 Å². The van der Waals surface area contributed by atoms with Gasteiger partial charge in [-0.05, 0) is 30.2 Å². The Kier molecular flexibility index (Phi) is 7.71. The topological polar surface area (TPSA) is 119 Å². The maximum Gasteiger partial charge on any atom is 0.270 e. The van der Waals surface area contributed by atoms with Crippen LogP contribution in [0.2, 0.25) is 0 Å². The molecule has 10 heteroatoms. The third-order valence-corrected chi connectivity index (χ3v) is 5.85. The molecule has 4 rings (SSSR count). The van der Waals surface area contributed by atoms with Gasteiger partial charge in [-0.15, -0.1) is 0 Å². The van der Waals surface area contributed by atoms with Crippen LogP contribution in [0.4, 0.5) is 4.39 Å². The predicted molar refractivity (Wildman–Crippen MR) is 120 cm³/mol. The number of ether oxygens (including phenoxy) is 3. The molecule has 2 atom stereocenters. The molecule has 0 unspecified atom stereocenters. The van der Waals surface area contributed by atoms with Crippen LogP contribution in [0, 0.1) is 5.82 Å². The first-order valence-corrected chi connectivity index (χ1v) is 11.2. The number of amides is 2. The summed E-state index contributed by atoms with van der Waals surface area (Å²) in [6.07, 6.45) is 0.604. The summed E-state index contributed by atoms with van der Waals surface area (Å²) in [5.41, 5.74) is 2.17. The number of carbonyl (C=O) groups excluding carboxylic acids is 2. The highest BCUT2D eigenvalue weighted by atomic mass is 19.1. The Morgan fingerprint density at radius 1 is 1.26 bits per heavy atom. The van der Waals surface area contributed by atoms with Crippen LogP contribution in [0.15, 0.2) is 24.3 Å². The number of rotatable bonds is 8. The zero-order chi connectivity index (χ0) is 24.1.